The van der Waals surface area contributed by atoms with Crippen molar-refractivity contribution in [3.63, 3.8) is 0 Å². The summed E-state index contributed by atoms with van der Waals surface area (Å²) < 4.78 is 12.5. The summed E-state index contributed by atoms with van der Waals surface area (Å²) in [6, 6.07) is 11.3. The molecule has 14 heteroatoms. The van der Waals surface area contributed by atoms with E-state index in [2.05, 4.69) is 0 Å². The highest BCUT2D eigenvalue weighted by Crippen LogP contribution is 2.54. The van der Waals surface area contributed by atoms with Crippen molar-refractivity contribution >= 4 is 205 Å². The van der Waals surface area contributed by atoms with Crippen molar-refractivity contribution in [3.8, 4) is 11.1 Å². The van der Waals surface area contributed by atoms with Crippen LogP contribution >= 0.6 is 139 Å². The zero-order chi connectivity index (χ0) is 32.7. The summed E-state index contributed by atoms with van der Waals surface area (Å²) in [4.78, 5) is 0. The maximum absolute atomic E-state index is 6.85. The van der Waals surface area contributed by atoms with E-state index < -0.39 is 0 Å². The average Bonchev–Trinajstić information content (AvgIpc) is 3.62. The normalized spacial score (nSPS) is 12.3. The lowest BCUT2D eigenvalue weighted by Gasteiger charge is -2.12. The van der Waals surface area contributed by atoms with Crippen molar-refractivity contribution in [2.45, 2.75) is 0 Å². The van der Waals surface area contributed by atoms with Crippen LogP contribution in [0.5, 0.6) is 0 Å². The zero-order valence-electron chi connectivity index (χ0n) is 21.8. The van der Waals surface area contributed by atoms with Crippen LogP contribution in [-0.4, -0.2) is 0 Å². The van der Waals surface area contributed by atoms with Crippen LogP contribution in [0.4, 0.5) is 0 Å². The third kappa shape index (κ3) is 4.27. The third-order valence-corrected chi connectivity index (χ3v) is 13.3. The number of benzene rings is 6. The van der Waals surface area contributed by atoms with E-state index in [9.17, 15) is 0 Å². The maximum Gasteiger partial charge on any atom is 0.146 e. The third-order valence-electron chi connectivity index (χ3n) is 7.96. The number of hydrogen-bond donors (Lipinski definition) is 0. The Balaban J connectivity index is 1.41. The van der Waals surface area contributed by atoms with Crippen LogP contribution in [0.1, 0.15) is 0 Å². The van der Waals surface area contributed by atoms with Gasteiger partial charge in [-0.1, -0.05) is 151 Å². The molecule has 0 bridgehead atoms. The molecule has 0 spiro atoms. The van der Waals surface area contributed by atoms with Crippen LogP contribution in [0.2, 0.25) is 60.3 Å². The molecule has 0 saturated heterocycles. The van der Waals surface area contributed by atoms with Gasteiger partial charge >= 0.3 is 0 Å². The molecule has 0 amide bonds. The van der Waals surface area contributed by atoms with E-state index in [4.69, 9.17) is 148 Å². The standard InChI is InChI=1S/C32H6Cl12O2/c33-19-13-9-5-7(1-3-11(9)45-31(13)17-15(21(19)35)23(37)27(41)29(43)25(17)39)8-2-4-12-10(6-8)14-20(34)22(36)16-18(32(14)46-12)26(40)30(44)28(42)24(16)38/h1-6H. The SMILES string of the molecule is Clc1c(Cl)c(Cl)c2c(c1Cl)c(Cl)c(Cl)c1c3cc(-c4ccc5oc6c7c(Cl)c(Cl)c(Cl)c(Cl)c7c(Cl)c(Cl)c6c5c4)ccc3oc21. The molecule has 0 saturated carbocycles. The maximum atomic E-state index is 6.85. The van der Waals surface area contributed by atoms with Crippen LogP contribution in [0.25, 0.3) is 76.5 Å². The van der Waals surface area contributed by atoms with Gasteiger partial charge in [0.2, 0.25) is 0 Å². The Morgan fingerprint density at radius 1 is 0.304 bits per heavy atom. The largest absolute Gasteiger partial charge is 0.455 e. The second kappa shape index (κ2) is 11.2. The molecule has 46 heavy (non-hydrogen) atoms. The molecule has 0 fully saturated rings. The molecule has 8 aromatic rings. The van der Waals surface area contributed by atoms with Gasteiger partial charge in [0.05, 0.1) is 60.3 Å². The van der Waals surface area contributed by atoms with E-state index in [1.165, 1.54) is 0 Å². The van der Waals surface area contributed by atoms with Gasteiger partial charge in [0.25, 0.3) is 0 Å². The Morgan fingerprint density at radius 3 is 0.935 bits per heavy atom. The van der Waals surface area contributed by atoms with E-state index in [0.717, 1.165) is 11.1 Å². The monoisotopic (exact) mass is 842 g/mol. The predicted octanol–water partition coefficient (Wildman–Crippen LogP) is 17.3. The van der Waals surface area contributed by atoms with Gasteiger partial charge < -0.3 is 8.83 Å². The summed E-state index contributed by atoms with van der Waals surface area (Å²) in [5, 5.41) is 5.41. The highest BCUT2D eigenvalue weighted by Gasteiger charge is 2.28. The van der Waals surface area contributed by atoms with Crippen molar-refractivity contribution < 1.29 is 8.83 Å². The first-order valence-corrected chi connectivity index (χ1v) is 17.3. The molecule has 0 radical (unpaired) electrons. The number of furan rings is 2. The molecule has 0 aliphatic carbocycles. The van der Waals surface area contributed by atoms with Crippen LogP contribution < -0.4 is 0 Å². The van der Waals surface area contributed by atoms with Crippen molar-refractivity contribution in [2.24, 2.45) is 0 Å². The van der Waals surface area contributed by atoms with Gasteiger partial charge in [-0.2, -0.15) is 0 Å². The topological polar surface area (TPSA) is 26.3 Å². The minimum Gasteiger partial charge on any atom is -0.455 e. The van der Waals surface area contributed by atoms with Gasteiger partial charge in [-0.05, 0) is 35.4 Å². The summed E-state index contributed by atoms with van der Waals surface area (Å²) in [5.41, 5.74) is 3.41. The quantitative estimate of drug-likeness (QED) is 0.122. The number of rotatable bonds is 1. The van der Waals surface area contributed by atoms with Gasteiger partial charge in [0, 0.05) is 43.1 Å². The van der Waals surface area contributed by atoms with E-state index in [-0.39, 0.29) is 60.3 Å². The fraction of sp³-hybridized carbons (Fsp3) is 0. The molecule has 230 valence electrons. The van der Waals surface area contributed by atoms with Gasteiger partial charge in [-0.3, -0.25) is 0 Å². The Labute approximate surface area is 318 Å². The molecule has 0 aliphatic rings. The van der Waals surface area contributed by atoms with Gasteiger partial charge in [-0.25, -0.2) is 0 Å². The van der Waals surface area contributed by atoms with Crippen LogP contribution in [-0.2, 0) is 0 Å². The Morgan fingerprint density at radius 2 is 0.587 bits per heavy atom. The number of halogens is 12. The summed E-state index contributed by atoms with van der Waals surface area (Å²) in [7, 11) is 0. The van der Waals surface area contributed by atoms with E-state index in [0.29, 0.717) is 65.4 Å². The molecule has 0 N–H and O–H groups in total. The average molecular weight is 848 g/mol. The lowest BCUT2D eigenvalue weighted by molar-refractivity contribution is 0.672. The summed E-state index contributed by atoms with van der Waals surface area (Å²) >= 11 is 79.0. The summed E-state index contributed by atoms with van der Waals surface area (Å²) in [6.07, 6.45) is 0. The van der Waals surface area contributed by atoms with E-state index in [1.54, 1.807) is 0 Å². The highest BCUT2D eigenvalue weighted by atomic mass is 35.5. The van der Waals surface area contributed by atoms with E-state index in [1.807, 2.05) is 36.4 Å². The molecule has 2 nitrogen and oxygen atoms in total. The Bertz CT molecular complexity index is 2540. The number of fused-ring (bicyclic) bond motifs is 10. The lowest BCUT2D eigenvalue weighted by atomic mass is 9.99. The minimum absolute atomic E-state index is 0.0605. The van der Waals surface area contributed by atoms with Crippen LogP contribution in [0.15, 0.2) is 45.2 Å². The zero-order valence-corrected chi connectivity index (χ0v) is 30.9. The first kappa shape index (κ1) is 32.1. The molecule has 0 atom stereocenters. The van der Waals surface area contributed by atoms with Crippen molar-refractivity contribution in [3.05, 3.63) is 96.7 Å². The summed E-state index contributed by atoms with van der Waals surface area (Å²) in [5.74, 6) is 0. The van der Waals surface area contributed by atoms with Gasteiger partial charge in [0.15, 0.2) is 0 Å². The van der Waals surface area contributed by atoms with Gasteiger partial charge in [-0.15, -0.1) is 0 Å². The summed E-state index contributed by atoms with van der Waals surface area (Å²) in [6.45, 7) is 0. The minimum atomic E-state index is 0.0605. The van der Waals surface area contributed by atoms with Crippen molar-refractivity contribution in [1.29, 1.82) is 0 Å². The molecule has 0 aliphatic heterocycles. The van der Waals surface area contributed by atoms with E-state index >= 15 is 0 Å². The highest BCUT2D eigenvalue weighted by molar-refractivity contribution is 6.61. The predicted molar refractivity (Wildman–Crippen MR) is 202 cm³/mol. The van der Waals surface area contributed by atoms with Crippen molar-refractivity contribution in [2.75, 3.05) is 0 Å². The molecular formula is C32H6Cl12O2. The lowest BCUT2D eigenvalue weighted by Crippen LogP contribution is -1.86. The van der Waals surface area contributed by atoms with Crippen LogP contribution in [0.3, 0.4) is 0 Å². The number of hydrogen-bond acceptors (Lipinski definition) is 2. The van der Waals surface area contributed by atoms with Gasteiger partial charge in [0.1, 0.15) is 22.3 Å². The first-order valence-electron chi connectivity index (χ1n) is 12.8. The Hall–Kier alpha value is -1.08. The first-order chi connectivity index (χ1) is 21.8. The molecule has 6 aromatic carbocycles. The smallest absolute Gasteiger partial charge is 0.146 e. The second-order valence-corrected chi connectivity index (χ2v) is 14.8. The fourth-order valence-electron chi connectivity index (χ4n) is 5.88. The molecule has 2 heterocycles. The molecular weight excluding hydrogens is 842 g/mol. The Kier molecular flexibility index (Phi) is 7.84. The van der Waals surface area contributed by atoms with Crippen molar-refractivity contribution in [1.82, 2.24) is 0 Å². The molecule has 0 unspecified atom stereocenters. The van der Waals surface area contributed by atoms with Crippen LogP contribution in [0, 0.1) is 0 Å². The fourth-order valence-corrected chi connectivity index (χ4v) is 9.18. The molecule has 2 aromatic heterocycles. The molecule has 8 rings (SSSR count). The second-order valence-electron chi connectivity index (χ2n) is 10.3.